The number of hydrogen-bond donors (Lipinski definition) is 1. The van der Waals surface area contributed by atoms with Crippen LogP contribution in [-0.2, 0) is 4.74 Å². The Hall–Kier alpha value is -0.640. The molecule has 0 spiro atoms. The van der Waals surface area contributed by atoms with Crippen molar-refractivity contribution in [3.05, 3.63) is 30.1 Å². The summed E-state index contributed by atoms with van der Waals surface area (Å²) < 4.78 is 4.91. The van der Waals surface area contributed by atoms with Crippen LogP contribution in [0.1, 0.15) is 11.6 Å². The molecule has 0 saturated carbocycles. The first-order valence-corrected chi connectivity index (χ1v) is 3.49. The van der Waals surface area contributed by atoms with E-state index in [9.17, 15) is 0 Å². The number of rotatable bonds is 3. The first-order valence-electron chi connectivity index (χ1n) is 3.49. The molecule has 68 valence electrons. The molecule has 0 unspecified atom stereocenters. The number of hydrogen-bond acceptors (Lipinski definition) is 3. The molecule has 1 aromatic heterocycles. The number of aromatic nitrogens is 1. The highest BCUT2D eigenvalue weighted by atomic mass is 35.5. The van der Waals surface area contributed by atoms with Gasteiger partial charge in [0, 0.05) is 19.5 Å². The number of halogens is 1. The Morgan fingerprint density at radius 3 is 2.92 bits per heavy atom. The van der Waals surface area contributed by atoms with Crippen molar-refractivity contribution in [1.82, 2.24) is 4.98 Å². The van der Waals surface area contributed by atoms with Crippen LogP contribution in [0.15, 0.2) is 24.5 Å². The van der Waals surface area contributed by atoms with Crippen LogP contribution in [0.5, 0.6) is 0 Å². The minimum Gasteiger partial charge on any atom is -0.383 e. The number of methoxy groups -OCH3 is 1. The molecule has 0 aliphatic rings. The molecule has 2 N–H and O–H groups in total. The zero-order valence-electron chi connectivity index (χ0n) is 6.93. The Morgan fingerprint density at radius 1 is 1.67 bits per heavy atom. The molecule has 12 heavy (non-hydrogen) atoms. The van der Waals surface area contributed by atoms with Gasteiger partial charge in [-0.05, 0) is 11.6 Å². The quantitative estimate of drug-likeness (QED) is 0.774. The molecule has 1 heterocycles. The van der Waals surface area contributed by atoms with Crippen molar-refractivity contribution in [2.45, 2.75) is 6.04 Å². The summed E-state index contributed by atoms with van der Waals surface area (Å²) in [4.78, 5) is 3.95. The van der Waals surface area contributed by atoms with Gasteiger partial charge in [-0.2, -0.15) is 0 Å². The van der Waals surface area contributed by atoms with Gasteiger partial charge in [0.1, 0.15) is 0 Å². The third kappa shape index (κ3) is 3.17. The van der Waals surface area contributed by atoms with Gasteiger partial charge in [0.25, 0.3) is 0 Å². The van der Waals surface area contributed by atoms with Crippen molar-refractivity contribution >= 4 is 12.4 Å². The molecule has 3 nitrogen and oxygen atoms in total. The lowest BCUT2D eigenvalue weighted by Crippen LogP contribution is -2.15. The van der Waals surface area contributed by atoms with Crippen molar-refractivity contribution < 1.29 is 4.74 Å². The number of nitrogens with two attached hydrogens (primary N) is 1. The Kier molecular flexibility index (Phi) is 5.62. The Labute approximate surface area is 78.4 Å². The number of pyridine rings is 1. The molecule has 1 atom stereocenters. The normalized spacial score (nSPS) is 11.8. The van der Waals surface area contributed by atoms with Gasteiger partial charge in [-0.15, -0.1) is 12.4 Å². The summed E-state index contributed by atoms with van der Waals surface area (Å²) >= 11 is 0. The molecule has 0 amide bonds. The maximum absolute atomic E-state index is 5.74. The molecule has 0 aliphatic heterocycles. The van der Waals surface area contributed by atoms with Gasteiger partial charge in [0.15, 0.2) is 0 Å². The van der Waals surface area contributed by atoms with Crippen molar-refractivity contribution in [3.8, 4) is 0 Å². The zero-order valence-corrected chi connectivity index (χ0v) is 7.75. The molecule has 0 aromatic carbocycles. The summed E-state index contributed by atoms with van der Waals surface area (Å²) in [7, 11) is 1.64. The van der Waals surface area contributed by atoms with Crippen molar-refractivity contribution in [3.63, 3.8) is 0 Å². The van der Waals surface area contributed by atoms with E-state index in [0.29, 0.717) is 6.61 Å². The van der Waals surface area contributed by atoms with Crippen molar-refractivity contribution in [2.75, 3.05) is 13.7 Å². The lowest BCUT2D eigenvalue weighted by atomic mass is 10.1. The van der Waals surface area contributed by atoms with Crippen LogP contribution < -0.4 is 5.73 Å². The lowest BCUT2D eigenvalue weighted by Gasteiger charge is -2.08. The second kappa shape index (κ2) is 5.94. The summed E-state index contributed by atoms with van der Waals surface area (Å²) in [5, 5.41) is 0. The molecule has 0 radical (unpaired) electrons. The van der Waals surface area contributed by atoms with Gasteiger partial charge in [-0.1, -0.05) is 6.07 Å². The van der Waals surface area contributed by atoms with E-state index >= 15 is 0 Å². The fraction of sp³-hybridized carbons (Fsp3) is 0.375. The molecule has 0 fully saturated rings. The van der Waals surface area contributed by atoms with E-state index in [0.717, 1.165) is 5.56 Å². The summed E-state index contributed by atoms with van der Waals surface area (Å²) in [5.74, 6) is 0. The smallest absolute Gasteiger partial charge is 0.0656 e. The topological polar surface area (TPSA) is 48.1 Å². The van der Waals surface area contributed by atoms with E-state index in [1.807, 2.05) is 12.1 Å². The van der Waals surface area contributed by atoms with Crippen LogP contribution in [0.3, 0.4) is 0 Å². The standard InChI is InChI=1S/C8H12N2O.ClH/c1-11-6-8(9)7-3-2-4-10-5-7;/h2-5,8H,6,9H2,1H3;1H/t8-;/m1./s1. The first-order chi connectivity index (χ1) is 5.34. The molecule has 0 aliphatic carbocycles. The van der Waals surface area contributed by atoms with Crippen molar-refractivity contribution in [1.29, 1.82) is 0 Å². The SMILES string of the molecule is COC[C@@H](N)c1cccnc1.Cl. The van der Waals surface area contributed by atoms with Crippen molar-refractivity contribution in [2.24, 2.45) is 5.73 Å². The fourth-order valence-corrected chi connectivity index (χ4v) is 0.871. The highest BCUT2D eigenvalue weighted by Gasteiger charge is 2.03. The monoisotopic (exact) mass is 188 g/mol. The van der Waals surface area contributed by atoms with Crippen LogP contribution in [0.4, 0.5) is 0 Å². The Morgan fingerprint density at radius 2 is 2.42 bits per heavy atom. The molecule has 0 bridgehead atoms. The lowest BCUT2D eigenvalue weighted by molar-refractivity contribution is 0.181. The molecular formula is C8H13ClN2O. The third-order valence-electron chi connectivity index (χ3n) is 1.46. The molecule has 0 saturated heterocycles. The van der Waals surface area contributed by atoms with Gasteiger partial charge in [0.2, 0.25) is 0 Å². The molecular weight excluding hydrogens is 176 g/mol. The highest BCUT2D eigenvalue weighted by Crippen LogP contribution is 2.06. The summed E-state index contributed by atoms with van der Waals surface area (Å²) in [5.41, 5.74) is 6.75. The summed E-state index contributed by atoms with van der Waals surface area (Å²) in [6.45, 7) is 0.533. The van der Waals surface area contributed by atoms with Crippen LogP contribution in [0.25, 0.3) is 0 Å². The minimum atomic E-state index is -0.0614. The third-order valence-corrected chi connectivity index (χ3v) is 1.46. The van der Waals surface area contributed by atoms with Gasteiger partial charge in [-0.3, -0.25) is 4.98 Å². The average molecular weight is 189 g/mol. The van der Waals surface area contributed by atoms with Crippen LogP contribution in [-0.4, -0.2) is 18.7 Å². The van der Waals surface area contributed by atoms with E-state index in [2.05, 4.69) is 4.98 Å². The van der Waals surface area contributed by atoms with E-state index < -0.39 is 0 Å². The first kappa shape index (κ1) is 11.4. The van der Waals surface area contributed by atoms with Crippen LogP contribution in [0, 0.1) is 0 Å². The molecule has 1 aromatic rings. The maximum atomic E-state index is 5.74. The molecule has 1 rings (SSSR count). The van der Waals surface area contributed by atoms with E-state index in [4.69, 9.17) is 10.5 Å². The van der Waals surface area contributed by atoms with Gasteiger partial charge >= 0.3 is 0 Å². The second-order valence-corrected chi connectivity index (χ2v) is 2.35. The van der Waals surface area contributed by atoms with Gasteiger partial charge < -0.3 is 10.5 Å². The number of nitrogens with zero attached hydrogens (tertiary/aromatic N) is 1. The predicted molar refractivity (Wildman–Crippen MR) is 50.3 cm³/mol. The summed E-state index contributed by atoms with van der Waals surface area (Å²) in [6, 6.07) is 3.75. The number of ether oxygens (including phenoxy) is 1. The fourth-order valence-electron chi connectivity index (χ4n) is 0.871. The van der Waals surface area contributed by atoms with Crippen LogP contribution in [0.2, 0.25) is 0 Å². The van der Waals surface area contributed by atoms with E-state index in [-0.39, 0.29) is 18.4 Å². The minimum absolute atomic E-state index is 0. The zero-order chi connectivity index (χ0) is 8.10. The Bertz CT molecular complexity index is 205. The Balaban J connectivity index is 0.00000121. The van der Waals surface area contributed by atoms with E-state index in [1.54, 1.807) is 19.5 Å². The van der Waals surface area contributed by atoms with Gasteiger partial charge in [-0.25, -0.2) is 0 Å². The summed E-state index contributed by atoms with van der Waals surface area (Å²) in [6.07, 6.45) is 3.48. The second-order valence-electron chi connectivity index (χ2n) is 2.35. The predicted octanol–water partition coefficient (Wildman–Crippen LogP) is 1.15. The maximum Gasteiger partial charge on any atom is 0.0656 e. The highest BCUT2D eigenvalue weighted by molar-refractivity contribution is 5.85. The van der Waals surface area contributed by atoms with Crippen LogP contribution >= 0.6 is 12.4 Å². The van der Waals surface area contributed by atoms with Gasteiger partial charge in [0.05, 0.1) is 12.6 Å². The average Bonchev–Trinajstić information content (AvgIpc) is 2.07. The largest absolute Gasteiger partial charge is 0.383 e. The van der Waals surface area contributed by atoms with E-state index in [1.165, 1.54) is 0 Å². The molecule has 4 heteroatoms.